The molecule has 0 atom stereocenters. The molecule has 3 aromatic heterocycles. The third kappa shape index (κ3) is 3.77. The van der Waals surface area contributed by atoms with Crippen LogP contribution in [-0.4, -0.2) is 25.7 Å². The van der Waals surface area contributed by atoms with E-state index in [1.54, 1.807) is 6.20 Å². The van der Waals surface area contributed by atoms with E-state index in [0.717, 1.165) is 29.1 Å². The minimum Gasteiger partial charge on any atom is -0.445 e. The number of carbonyl (C=O) groups is 1. The number of ketones is 1. The van der Waals surface area contributed by atoms with Crippen LogP contribution in [0.3, 0.4) is 0 Å². The molecule has 0 N–H and O–H groups in total. The molecule has 0 spiro atoms. The molecular formula is C21H14F2N4O2. The molecule has 29 heavy (non-hydrogen) atoms. The molecule has 0 radical (unpaired) electrons. The number of aryl methyl sites for hydroxylation is 1. The number of hydrogen-bond donors (Lipinski definition) is 0. The Labute approximate surface area is 164 Å². The Bertz CT molecular complexity index is 1160. The maximum atomic E-state index is 13.7. The third-order valence-corrected chi connectivity index (χ3v) is 4.37. The van der Waals surface area contributed by atoms with Crippen LogP contribution in [0.4, 0.5) is 8.78 Å². The van der Waals surface area contributed by atoms with Crippen molar-refractivity contribution >= 4 is 5.78 Å². The summed E-state index contributed by atoms with van der Waals surface area (Å²) in [6.45, 7) is 1.93. The smallest absolute Gasteiger partial charge is 0.225 e. The number of halogens is 2. The normalized spacial score (nSPS) is 10.9. The number of oxazole rings is 1. The number of aromatic nitrogens is 4. The average molecular weight is 392 g/mol. The van der Waals surface area contributed by atoms with Crippen LogP contribution in [-0.2, 0) is 6.42 Å². The van der Waals surface area contributed by atoms with Crippen molar-refractivity contribution in [2.45, 2.75) is 13.3 Å². The molecule has 6 nitrogen and oxygen atoms in total. The molecule has 0 aliphatic heterocycles. The fourth-order valence-electron chi connectivity index (χ4n) is 2.91. The maximum Gasteiger partial charge on any atom is 0.225 e. The van der Waals surface area contributed by atoms with Crippen molar-refractivity contribution in [2.75, 3.05) is 0 Å². The van der Waals surface area contributed by atoms with Gasteiger partial charge in [0.05, 0.1) is 48.2 Å². The van der Waals surface area contributed by atoms with Crippen molar-refractivity contribution in [3.8, 4) is 22.7 Å². The van der Waals surface area contributed by atoms with E-state index in [9.17, 15) is 13.6 Å². The maximum absolute atomic E-state index is 13.7. The third-order valence-electron chi connectivity index (χ3n) is 4.37. The van der Waals surface area contributed by atoms with Crippen molar-refractivity contribution < 1.29 is 18.0 Å². The average Bonchev–Trinajstić information content (AvgIpc) is 3.24. The summed E-state index contributed by atoms with van der Waals surface area (Å²) in [4.78, 5) is 28.3. The Kier molecular flexibility index (Phi) is 4.90. The molecule has 8 heteroatoms. The van der Waals surface area contributed by atoms with E-state index in [1.165, 1.54) is 18.7 Å². The van der Waals surface area contributed by atoms with Crippen LogP contribution < -0.4 is 0 Å². The van der Waals surface area contributed by atoms with Crippen molar-refractivity contribution in [1.82, 2.24) is 19.9 Å². The Morgan fingerprint density at radius 2 is 1.83 bits per heavy atom. The van der Waals surface area contributed by atoms with Gasteiger partial charge in [-0.3, -0.25) is 19.7 Å². The predicted octanol–water partition coefficient (Wildman–Crippen LogP) is 4.21. The van der Waals surface area contributed by atoms with Crippen LogP contribution >= 0.6 is 0 Å². The highest BCUT2D eigenvalue weighted by molar-refractivity contribution is 5.97. The second-order valence-corrected chi connectivity index (χ2v) is 6.34. The van der Waals surface area contributed by atoms with Gasteiger partial charge in [0.2, 0.25) is 5.89 Å². The first kappa shape index (κ1) is 18.5. The fourth-order valence-corrected chi connectivity index (χ4v) is 2.91. The molecule has 0 aliphatic carbocycles. The molecule has 0 aliphatic rings. The van der Waals surface area contributed by atoms with Gasteiger partial charge in [0.1, 0.15) is 6.26 Å². The van der Waals surface area contributed by atoms with Crippen LogP contribution in [0.1, 0.15) is 21.6 Å². The zero-order valence-electron chi connectivity index (χ0n) is 15.3. The monoisotopic (exact) mass is 392 g/mol. The molecule has 0 saturated carbocycles. The zero-order valence-corrected chi connectivity index (χ0v) is 15.3. The van der Waals surface area contributed by atoms with Gasteiger partial charge in [-0.2, -0.15) is 0 Å². The second-order valence-electron chi connectivity index (χ2n) is 6.34. The molecule has 1 aromatic carbocycles. The highest BCUT2D eigenvalue weighted by atomic mass is 19.1. The molecule has 0 amide bonds. The minimum atomic E-state index is -1.00. The van der Waals surface area contributed by atoms with Crippen LogP contribution in [0.25, 0.3) is 22.7 Å². The lowest BCUT2D eigenvalue weighted by molar-refractivity contribution is 0.0983. The molecule has 0 saturated heterocycles. The van der Waals surface area contributed by atoms with E-state index in [2.05, 4.69) is 19.9 Å². The quantitative estimate of drug-likeness (QED) is 0.473. The van der Waals surface area contributed by atoms with E-state index in [0.29, 0.717) is 17.3 Å². The van der Waals surface area contributed by atoms with E-state index in [-0.39, 0.29) is 6.42 Å². The van der Waals surface area contributed by atoms with Gasteiger partial charge >= 0.3 is 0 Å². The standard InChI is InChI=1S/C21H14F2N4O2/c1-12-2-3-13(21-25-4-5-29-21)6-15(12)18-11-26-14(8-27-18)7-19(28)20-16(22)9-24-10-17(20)23/h2-6,8-11H,7H2,1H3. The van der Waals surface area contributed by atoms with E-state index in [4.69, 9.17) is 4.42 Å². The van der Waals surface area contributed by atoms with Gasteiger partial charge in [-0.05, 0) is 24.6 Å². The SMILES string of the molecule is Cc1ccc(-c2ncco2)cc1-c1cnc(CC(=O)c2c(F)cncc2F)cn1. The zero-order chi connectivity index (χ0) is 20.4. The molecule has 0 bridgehead atoms. The lowest BCUT2D eigenvalue weighted by atomic mass is 10.0. The molecule has 0 unspecified atom stereocenters. The fraction of sp³-hybridized carbons (Fsp3) is 0.0952. The molecular weight excluding hydrogens is 378 g/mol. The van der Waals surface area contributed by atoms with Gasteiger partial charge in [-0.1, -0.05) is 6.07 Å². The molecule has 144 valence electrons. The summed E-state index contributed by atoms with van der Waals surface area (Å²) in [6.07, 6.45) is 7.32. The predicted molar refractivity (Wildman–Crippen MR) is 99.9 cm³/mol. The lowest BCUT2D eigenvalue weighted by Gasteiger charge is -2.08. The van der Waals surface area contributed by atoms with E-state index in [1.807, 2.05) is 25.1 Å². The largest absolute Gasteiger partial charge is 0.445 e. The summed E-state index contributed by atoms with van der Waals surface area (Å²) >= 11 is 0. The number of pyridine rings is 1. The number of benzene rings is 1. The number of Topliss-reactive ketones (excluding diaryl/α,β-unsaturated/α-hetero) is 1. The summed E-state index contributed by atoms with van der Waals surface area (Å²) < 4.78 is 32.8. The van der Waals surface area contributed by atoms with E-state index < -0.39 is 23.0 Å². The van der Waals surface area contributed by atoms with Crippen LogP contribution in [0.2, 0.25) is 0 Å². The van der Waals surface area contributed by atoms with Gasteiger partial charge in [0, 0.05) is 17.3 Å². The Morgan fingerprint density at radius 3 is 2.48 bits per heavy atom. The topological polar surface area (TPSA) is 81.8 Å². The van der Waals surface area contributed by atoms with Gasteiger partial charge in [0.25, 0.3) is 0 Å². The first-order valence-corrected chi connectivity index (χ1v) is 8.67. The van der Waals surface area contributed by atoms with Crippen molar-refractivity contribution in [1.29, 1.82) is 0 Å². The lowest BCUT2D eigenvalue weighted by Crippen LogP contribution is -2.11. The van der Waals surface area contributed by atoms with Gasteiger partial charge in [-0.15, -0.1) is 0 Å². The van der Waals surface area contributed by atoms with Crippen molar-refractivity contribution in [2.24, 2.45) is 0 Å². The number of hydrogen-bond acceptors (Lipinski definition) is 6. The van der Waals surface area contributed by atoms with Crippen molar-refractivity contribution in [3.63, 3.8) is 0 Å². The molecule has 3 heterocycles. The Morgan fingerprint density at radius 1 is 1.03 bits per heavy atom. The molecule has 4 aromatic rings. The Balaban J connectivity index is 1.59. The Hall–Kier alpha value is -3.81. The van der Waals surface area contributed by atoms with Crippen molar-refractivity contribution in [3.05, 3.63) is 83.9 Å². The first-order chi connectivity index (χ1) is 14.0. The van der Waals surface area contributed by atoms with Crippen LogP contribution in [0.5, 0.6) is 0 Å². The summed E-state index contributed by atoms with van der Waals surface area (Å²) in [5.74, 6) is -2.24. The van der Waals surface area contributed by atoms with Gasteiger partial charge in [-0.25, -0.2) is 13.8 Å². The highest BCUT2D eigenvalue weighted by Crippen LogP contribution is 2.27. The highest BCUT2D eigenvalue weighted by Gasteiger charge is 2.19. The summed E-state index contributed by atoms with van der Waals surface area (Å²) in [5.41, 5.74) is 2.86. The van der Waals surface area contributed by atoms with E-state index >= 15 is 0 Å². The molecule has 0 fully saturated rings. The summed E-state index contributed by atoms with van der Waals surface area (Å²) in [5, 5.41) is 0. The first-order valence-electron chi connectivity index (χ1n) is 8.67. The van der Waals surface area contributed by atoms with Gasteiger partial charge in [0.15, 0.2) is 17.4 Å². The second kappa shape index (κ2) is 7.67. The molecule has 4 rings (SSSR count). The van der Waals surface area contributed by atoms with Crippen LogP contribution in [0.15, 0.2) is 59.9 Å². The number of carbonyl (C=O) groups excluding carboxylic acids is 1. The van der Waals surface area contributed by atoms with Gasteiger partial charge < -0.3 is 4.42 Å². The van der Waals surface area contributed by atoms with Crippen LogP contribution in [0, 0.1) is 18.6 Å². The summed E-state index contributed by atoms with van der Waals surface area (Å²) in [7, 11) is 0. The minimum absolute atomic E-state index is 0.277. The number of nitrogens with zero attached hydrogens (tertiary/aromatic N) is 4. The number of rotatable bonds is 5. The summed E-state index contributed by atoms with van der Waals surface area (Å²) in [6, 6.07) is 5.70.